The lowest BCUT2D eigenvalue weighted by atomic mass is 9.59. The van der Waals surface area contributed by atoms with Crippen LogP contribution in [-0.4, -0.2) is 57.4 Å². The molecule has 0 saturated carbocycles. The number of aromatic hydroxyl groups is 1. The Labute approximate surface area is 252 Å². The minimum absolute atomic E-state index is 0.0641. The number of likely N-dealkylation sites (tertiary alicyclic amines) is 2. The molecule has 0 aromatic heterocycles. The summed E-state index contributed by atoms with van der Waals surface area (Å²) in [7, 11) is 0. The van der Waals surface area contributed by atoms with Crippen LogP contribution in [0.5, 0.6) is 5.75 Å². The summed E-state index contributed by atoms with van der Waals surface area (Å²) in [4.78, 5) is 58.6. The first-order valence-corrected chi connectivity index (χ1v) is 15.4. The van der Waals surface area contributed by atoms with Crippen LogP contribution in [0.4, 0.5) is 0 Å². The number of rotatable bonds is 4. The molecule has 2 heterocycles. The second-order valence-corrected chi connectivity index (χ2v) is 12.9. The number of phenolic OH excluding ortho intramolecular Hbond substituents is 1. The molecule has 0 spiro atoms. The molecule has 0 unspecified atom stereocenters. The second-order valence-electron chi connectivity index (χ2n) is 12.0. The van der Waals surface area contributed by atoms with Crippen molar-refractivity contribution in [2.24, 2.45) is 17.8 Å². The van der Waals surface area contributed by atoms with Crippen LogP contribution in [0.3, 0.4) is 0 Å². The average molecular weight is 628 g/mol. The van der Waals surface area contributed by atoms with Gasteiger partial charge in [0, 0.05) is 48.8 Å². The molecular formula is C34H31BrN2O5. The van der Waals surface area contributed by atoms with E-state index in [0.717, 1.165) is 38.0 Å². The van der Waals surface area contributed by atoms with E-state index in [1.165, 1.54) is 11.6 Å². The summed E-state index contributed by atoms with van der Waals surface area (Å²) in [5, 5.41) is 10.3. The maximum absolute atomic E-state index is 14.2. The predicted octanol–water partition coefficient (Wildman–Crippen LogP) is 4.82. The quantitative estimate of drug-likeness (QED) is 0.297. The van der Waals surface area contributed by atoms with Gasteiger partial charge < -0.3 is 5.11 Å². The van der Waals surface area contributed by atoms with Gasteiger partial charge >= 0.3 is 0 Å². The molecule has 2 saturated heterocycles. The van der Waals surface area contributed by atoms with E-state index >= 15 is 0 Å². The number of Topliss-reactive ketones (excluding diaryl/α,β-unsaturated/α-hetero) is 1. The van der Waals surface area contributed by atoms with E-state index in [-0.39, 0.29) is 52.0 Å². The zero-order chi connectivity index (χ0) is 29.1. The fourth-order valence-electron chi connectivity index (χ4n) is 7.85. The van der Waals surface area contributed by atoms with E-state index in [9.17, 15) is 24.3 Å². The monoisotopic (exact) mass is 626 g/mol. The Morgan fingerprint density at radius 1 is 0.905 bits per heavy atom. The molecule has 7 rings (SSSR count). The van der Waals surface area contributed by atoms with E-state index in [1.807, 2.05) is 30.3 Å². The van der Waals surface area contributed by atoms with E-state index in [2.05, 4.69) is 33.0 Å². The third-order valence-electron chi connectivity index (χ3n) is 9.74. The van der Waals surface area contributed by atoms with Crippen molar-refractivity contribution in [3.05, 3.63) is 99.1 Å². The zero-order valence-corrected chi connectivity index (χ0v) is 24.6. The minimum atomic E-state index is -0.568. The SMILES string of the molecule is O=C1C=C(Br)C(=O)C2=C1[C@@H](c1cccc(O)c1)C1=CC[C@@H]3C(=O)N(C4CCN(Cc5ccccc5)CC4)C(=O)[C@@H]3[C@@H]1C2. The number of imide groups is 1. The number of hydrogen-bond acceptors (Lipinski definition) is 6. The van der Waals surface area contributed by atoms with Crippen molar-refractivity contribution in [1.29, 1.82) is 0 Å². The summed E-state index contributed by atoms with van der Waals surface area (Å²) in [5.74, 6) is -2.65. The van der Waals surface area contributed by atoms with Crippen molar-refractivity contribution < 1.29 is 24.3 Å². The molecule has 2 aliphatic heterocycles. The molecule has 7 nitrogen and oxygen atoms in total. The number of carbonyl (C=O) groups is 4. The van der Waals surface area contributed by atoms with E-state index < -0.39 is 17.8 Å². The van der Waals surface area contributed by atoms with Crippen LogP contribution in [0.1, 0.15) is 42.7 Å². The summed E-state index contributed by atoms with van der Waals surface area (Å²) >= 11 is 3.27. The highest BCUT2D eigenvalue weighted by atomic mass is 79.9. The topological polar surface area (TPSA) is 95.0 Å². The molecule has 0 bridgehead atoms. The Hall–Kier alpha value is -3.62. The summed E-state index contributed by atoms with van der Waals surface area (Å²) in [5.41, 5.74) is 3.66. The van der Waals surface area contributed by atoms with Crippen LogP contribution in [0.25, 0.3) is 0 Å². The van der Waals surface area contributed by atoms with Crippen molar-refractivity contribution in [2.75, 3.05) is 13.1 Å². The number of hydrogen-bond donors (Lipinski definition) is 1. The number of halogens is 1. The number of nitrogens with zero attached hydrogens (tertiary/aromatic N) is 2. The lowest BCUT2D eigenvalue weighted by Crippen LogP contribution is -2.47. The van der Waals surface area contributed by atoms with Gasteiger partial charge in [0.2, 0.25) is 11.8 Å². The van der Waals surface area contributed by atoms with Gasteiger partial charge in [-0.1, -0.05) is 54.1 Å². The minimum Gasteiger partial charge on any atom is -0.508 e. The van der Waals surface area contributed by atoms with Crippen molar-refractivity contribution in [2.45, 2.75) is 44.2 Å². The first kappa shape index (κ1) is 27.2. The average Bonchev–Trinajstić information content (AvgIpc) is 3.25. The van der Waals surface area contributed by atoms with Crippen LogP contribution < -0.4 is 0 Å². The van der Waals surface area contributed by atoms with E-state index in [1.54, 1.807) is 23.1 Å². The van der Waals surface area contributed by atoms with Crippen molar-refractivity contribution in [3.63, 3.8) is 0 Å². The molecule has 2 fully saturated rings. The molecule has 2 aromatic carbocycles. The predicted molar refractivity (Wildman–Crippen MR) is 159 cm³/mol. The van der Waals surface area contributed by atoms with Gasteiger partial charge in [0.05, 0.1) is 16.3 Å². The molecule has 8 heteroatoms. The fourth-order valence-corrected chi connectivity index (χ4v) is 8.30. The summed E-state index contributed by atoms with van der Waals surface area (Å²) in [6, 6.07) is 16.9. The number of allylic oxidation sites excluding steroid dienone is 6. The van der Waals surface area contributed by atoms with Gasteiger partial charge in [-0.2, -0.15) is 0 Å². The van der Waals surface area contributed by atoms with Gasteiger partial charge in [-0.15, -0.1) is 0 Å². The summed E-state index contributed by atoms with van der Waals surface area (Å²) in [6.07, 6.45) is 5.48. The fraction of sp³-hybridized carbons (Fsp3) is 0.353. The van der Waals surface area contributed by atoms with Crippen molar-refractivity contribution in [1.82, 2.24) is 9.80 Å². The Kier molecular flexibility index (Phi) is 6.86. The number of carbonyl (C=O) groups excluding carboxylic acids is 4. The highest BCUT2D eigenvalue weighted by Gasteiger charge is 2.57. The number of piperidine rings is 1. The molecule has 214 valence electrons. The zero-order valence-electron chi connectivity index (χ0n) is 23.0. The van der Waals surface area contributed by atoms with Crippen LogP contribution in [0.2, 0.25) is 0 Å². The molecule has 42 heavy (non-hydrogen) atoms. The van der Waals surface area contributed by atoms with E-state index in [0.29, 0.717) is 23.1 Å². The van der Waals surface area contributed by atoms with Gasteiger partial charge in [0.15, 0.2) is 11.6 Å². The Morgan fingerprint density at radius 2 is 1.67 bits per heavy atom. The summed E-state index contributed by atoms with van der Waals surface area (Å²) in [6.45, 7) is 2.47. The number of amides is 2. The van der Waals surface area contributed by atoms with Crippen LogP contribution in [-0.2, 0) is 25.7 Å². The maximum atomic E-state index is 14.2. The smallest absolute Gasteiger partial charge is 0.233 e. The van der Waals surface area contributed by atoms with E-state index in [4.69, 9.17) is 0 Å². The standard InChI is InChI=1S/C34H31BrN2O5/c35-27-17-28(39)31-26(32(27)40)16-25-23(29(31)20-7-4-8-22(38)15-20)9-10-24-30(25)34(42)37(33(24)41)21-11-13-36(14-12-21)18-19-5-2-1-3-6-19/h1-9,15,17,21,24-25,29-30,38H,10-14,16,18H2/t24-,25+,29-,30-/m0/s1. The largest absolute Gasteiger partial charge is 0.508 e. The van der Waals surface area contributed by atoms with Crippen molar-refractivity contribution >= 4 is 39.3 Å². The number of fused-ring (bicyclic) bond motifs is 3. The molecule has 4 atom stereocenters. The lowest BCUT2D eigenvalue weighted by Gasteiger charge is -2.42. The molecule has 2 amide bonds. The highest BCUT2D eigenvalue weighted by Crippen LogP contribution is 2.55. The third-order valence-corrected chi connectivity index (χ3v) is 10.3. The maximum Gasteiger partial charge on any atom is 0.233 e. The van der Waals surface area contributed by atoms with Crippen LogP contribution in [0.15, 0.2) is 88.0 Å². The first-order valence-electron chi connectivity index (χ1n) is 14.6. The van der Waals surface area contributed by atoms with Gasteiger partial charge in [-0.3, -0.25) is 29.0 Å². The van der Waals surface area contributed by atoms with Gasteiger partial charge in [0.1, 0.15) is 5.75 Å². The first-order chi connectivity index (χ1) is 20.3. The van der Waals surface area contributed by atoms with Gasteiger partial charge in [0.25, 0.3) is 0 Å². The molecule has 1 N–H and O–H groups in total. The third kappa shape index (κ3) is 4.43. The number of phenols is 1. The Bertz CT molecular complexity index is 1600. The number of ketones is 2. The Morgan fingerprint density at radius 3 is 2.40 bits per heavy atom. The normalized spacial score (nSPS) is 28.4. The summed E-state index contributed by atoms with van der Waals surface area (Å²) < 4.78 is 0.207. The molecule has 5 aliphatic rings. The second kappa shape index (κ2) is 10.6. The van der Waals surface area contributed by atoms with Crippen LogP contribution >= 0.6 is 15.9 Å². The molecule has 2 aromatic rings. The van der Waals surface area contributed by atoms with Crippen LogP contribution in [0, 0.1) is 17.8 Å². The van der Waals surface area contributed by atoms with Gasteiger partial charge in [-0.05, 0) is 70.8 Å². The number of benzene rings is 2. The molecule has 3 aliphatic carbocycles. The van der Waals surface area contributed by atoms with Crippen molar-refractivity contribution in [3.8, 4) is 5.75 Å². The highest BCUT2D eigenvalue weighted by molar-refractivity contribution is 9.12. The van der Waals surface area contributed by atoms with Gasteiger partial charge in [-0.25, -0.2) is 0 Å². The molecule has 0 radical (unpaired) electrons. The molecular weight excluding hydrogens is 596 g/mol. The Balaban J connectivity index is 1.18. The lowest BCUT2D eigenvalue weighted by molar-refractivity contribution is -0.144.